The zero-order valence-corrected chi connectivity index (χ0v) is 15.7. The maximum Gasteiger partial charge on any atom is 0.255 e. The van der Waals surface area contributed by atoms with E-state index in [1.165, 1.54) is 6.42 Å². The van der Waals surface area contributed by atoms with E-state index >= 15 is 0 Å². The van der Waals surface area contributed by atoms with Gasteiger partial charge in [-0.1, -0.05) is 25.3 Å². The monoisotopic (exact) mass is 380 g/mol. The minimum Gasteiger partial charge on any atom is -0.486 e. The molecule has 0 spiro atoms. The second-order valence-electron chi connectivity index (χ2n) is 7.22. The lowest BCUT2D eigenvalue weighted by atomic mass is 9.88. The highest BCUT2D eigenvalue weighted by molar-refractivity contribution is 6.05. The van der Waals surface area contributed by atoms with Crippen molar-refractivity contribution in [3.05, 3.63) is 48.0 Å². The molecule has 0 atom stereocenters. The van der Waals surface area contributed by atoms with Gasteiger partial charge >= 0.3 is 0 Å². The molecule has 0 aromatic heterocycles. The number of benzene rings is 2. The predicted molar refractivity (Wildman–Crippen MR) is 107 cm³/mol. The Balaban J connectivity index is 1.42. The van der Waals surface area contributed by atoms with E-state index in [1.807, 2.05) is 6.07 Å². The second-order valence-corrected chi connectivity index (χ2v) is 7.22. The number of rotatable bonds is 4. The third kappa shape index (κ3) is 4.27. The van der Waals surface area contributed by atoms with Crippen LogP contribution in [0.5, 0.6) is 11.5 Å². The molecule has 0 unspecified atom stereocenters. The van der Waals surface area contributed by atoms with Gasteiger partial charge in [-0.05, 0) is 43.2 Å². The highest BCUT2D eigenvalue weighted by Gasteiger charge is 2.21. The fraction of sp³-hybridized carbons (Fsp3) is 0.364. The zero-order chi connectivity index (χ0) is 19.3. The van der Waals surface area contributed by atoms with Gasteiger partial charge in [0.15, 0.2) is 11.5 Å². The van der Waals surface area contributed by atoms with Gasteiger partial charge in [-0.2, -0.15) is 0 Å². The molecule has 2 aromatic rings. The first-order valence-electron chi connectivity index (χ1n) is 9.81. The van der Waals surface area contributed by atoms with E-state index in [0.717, 1.165) is 25.7 Å². The summed E-state index contributed by atoms with van der Waals surface area (Å²) in [7, 11) is 0. The average molecular weight is 380 g/mol. The van der Waals surface area contributed by atoms with E-state index in [1.54, 1.807) is 36.4 Å². The normalized spacial score (nSPS) is 16.3. The summed E-state index contributed by atoms with van der Waals surface area (Å²) in [5.74, 6) is 1.17. The largest absolute Gasteiger partial charge is 0.486 e. The molecule has 0 bridgehead atoms. The van der Waals surface area contributed by atoms with Gasteiger partial charge in [-0.15, -0.1) is 0 Å². The van der Waals surface area contributed by atoms with Crippen molar-refractivity contribution in [2.75, 3.05) is 23.8 Å². The van der Waals surface area contributed by atoms with Gasteiger partial charge in [0.25, 0.3) is 5.91 Å². The van der Waals surface area contributed by atoms with Crippen LogP contribution in [0, 0.1) is 5.92 Å². The first-order valence-corrected chi connectivity index (χ1v) is 9.81. The van der Waals surface area contributed by atoms with Crippen LogP contribution in [0.15, 0.2) is 42.5 Å². The lowest BCUT2D eigenvalue weighted by molar-refractivity contribution is -0.120. The highest BCUT2D eigenvalue weighted by atomic mass is 16.6. The second kappa shape index (κ2) is 8.33. The third-order valence-electron chi connectivity index (χ3n) is 5.17. The molecule has 0 saturated heterocycles. The molecule has 0 radical (unpaired) electrons. The Hall–Kier alpha value is -3.02. The van der Waals surface area contributed by atoms with E-state index in [4.69, 9.17) is 9.47 Å². The molecule has 1 fully saturated rings. The maximum atomic E-state index is 12.6. The fourth-order valence-corrected chi connectivity index (χ4v) is 3.67. The van der Waals surface area contributed by atoms with E-state index in [-0.39, 0.29) is 17.7 Å². The summed E-state index contributed by atoms with van der Waals surface area (Å²) in [6.07, 6.45) is 5.30. The molecular weight excluding hydrogens is 356 g/mol. The number of anilines is 2. The van der Waals surface area contributed by atoms with Crippen LogP contribution >= 0.6 is 0 Å². The van der Waals surface area contributed by atoms with Gasteiger partial charge in [0, 0.05) is 28.9 Å². The molecule has 2 N–H and O–H groups in total. The molecule has 2 amide bonds. The molecule has 1 aliphatic heterocycles. The first-order chi connectivity index (χ1) is 13.7. The Morgan fingerprint density at radius 1 is 0.821 bits per heavy atom. The van der Waals surface area contributed by atoms with E-state index in [0.29, 0.717) is 41.7 Å². The van der Waals surface area contributed by atoms with Crippen molar-refractivity contribution in [1.29, 1.82) is 0 Å². The van der Waals surface area contributed by atoms with Crippen molar-refractivity contribution in [3.63, 3.8) is 0 Å². The van der Waals surface area contributed by atoms with Crippen LogP contribution in [0.2, 0.25) is 0 Å². The topological polar surface area (TPSA) is 76.7 Å². The van der Waals surface area contributed by atoms with Crippen molar-refractivity contribution in [3.8, 4) is 11.5 Å². The van der Waals surface area contributed by atoms with E-state index < -0.39 is 0 Å². The Bertz CT molecular complexity index is 875. The van der Waals surface area contributed by atoms with Crippen LogP contribution in [0.4, 0.5) is 11.4 Å². The smallest absolute Gasteiger partial charge is 0.255 e. The molecule has 6 nitrogen and oxygen atoms in total. The summed E-state index contributed by atoms with van der Waals surface area (Å²) in [5.41, 5.74) is 1.76. The Labute approximate surface area is 164 Å². The molecule has 2 aromatic carbocycles. The number of carbonyl (C=O) groups is 2. The Morgan fingerprint density at radius 3 is 2.39 bits per heavy atom. The average Bonchev–Trinajstić information content (AvgIpc) is 2.74. The summed E-state index contributed by atoms with van der Waals surface area (Å²) in [4.78, 5) is 25.1. The van der Waals surface area contributed by atoms with Crippen LogP contribution in [0.1, 0.15) is 42.5 Å². The van der Waals surface area contributed by atoms with Gasteiger partial charge < -0.3 is 20.1 Å². The van der Waals surface area contributed by atoms with Crippen LogP contribution < -0.4 is 20.1 Å². The van der Waals surface area contributed by atoms with Gasteiger partial charge in [0.1, 0.15) is 13.2 Å². The molecule has 1 heterocycles. The van der Waals surface area contributed by atoms with Gasteiger partial charge in [-0.3, -0.25) is 9.59 Å². The molecular formula is C22H24N2O4. The zero-order valence-electron chi connectivity index (χ0n) is 15.7. The minimum absolute atomic E-state index is 0.0455. The molecule has 146 valence electrons. The fourth-order valence-electron chi connectivity index (χ4n) is 3.67. The van der Waals surface area contributed by atoms with Crippen LogP contribution in [-0.4, -0.2) is 25.0 Å². The Kier molecular flexibility index (Phi) is 5.46. The number of nitrogens with one attached hydrogen (secondary N) is 2. The van der Waals surface area contributed by atoms with Crippen molar-refractivity contribution < 1.29 is 19.1 Å². The van der Waals surface area contributed by atoms with Crippen LogP contribution in [0.25, 0.3) is 0 Å². The number of fused-ring (bicyclic) bond motifs is 1. The van der Waals surface area contributed by atoms with E-state index in [9.17, 15) is 9.59 Å². The number of ether oxygens (including phenoxy) is 2. The van der Waals surface area contributed by atoms with E-state index in [2.05, 4.69) is 10.6 Å². The van der Waals surface area contributed by atoms with Crippen molar-refractivity contribution in [2.24, 2.45) is 5.92 Å². The number of hydrogen-bond donors (Lipinski definition) is 2. The molecule has 6 heteroatoms. The number of hydrogen-bond acceptors (Lipinski definition) is 4. The lowest BCUT2D eigenvalue weighted by Gasteiger charge is -2.21. The highest BCUT2D eigenvalue weighted by Crippen LogP contribution is 2.32. The summed E-state index contributed by atoms with van der Waals surface area (Å²) in [5, 5.41) is 5.82. The summed E-state index contributed by atoms with van der Waals surface area (Å²) >= 11 is 0. The molecule has 4 rings (SSSR count). The standard InChI is InChI=1S/C22H24N2O4/c25-21(15-5-2-1-3-6-15)23-17-8-4-7-16(13-17)22(26)24-18-9-10-19-20(14-18)28-12-11-27-19/h4,7-10,13-15H,1-3,5-6,11-12H2,(H,23,25)(H,24,26). The van der Waals surface area contributed by atoms with Crippen LogP contribution in [-0.2, 0) is 4.79 Å². The minimum atomic E-state index is -0.245. The van der Waals surface area contributed by atoms with Crippen LogP contribution in [0.3, 0.4) is 0 Å². The third-order valence-corrected chi connectivity index (χ3v) is 5.17. The van der Waals surface area contributed by atoms with Gasteiger partial charge in [0.2, 0.25) is 5.91 Å². The van der Waals surface area contributed by atoms with Crippen molar-refractivity contribution in [1.82, 2.24) is 0 Å². The number of carbonyl (C=O) groups excluding carboxylic acids is 2. The SMILES string of the molecule is O=C(Nc1ccc2c(c1)OCCO2)c1cccc(NC(=O)C2CCCCC2)c1. The molecule has 2 aliphatic rings. The number of amides is 2. The maximum absolute atomic E-state index is 12.6. The molecule has 28 heavy (non-hydrogen) atoms. The van der Waals surface area contributed by atoms with Crippen molar-refractivity contribution >= 4 is 23.2 Å². The molecule has 1 aliphatic carbocycles. The van der Waals surface area contributed by atoms with Gasteiger partial charge in [-0.25, -0.2) is 0 Å². The predicted octanol–water partition coefficient (Wildman–Crippen LogP) is 4.23. The Morgan fingerprint density at radius 2 is 1.57 bits per heavy atom. The molecule has 1 saturated carbocycles. The van der Waals surface area contributed by atoms with Crippen molar-refractivity contribution in [2.45, 2.75) is 32.1 Å². The summed E-state index contributed by atoms with van der Waals surface area (Å²) < 4.78 is 11.0. The summed E-state index contributed by atoms with van der Waals surface area (Å²) in [6.45, 7) is 1.02. The first kappa shape index (κ1) is 18.3. The lowest BCUT2D eigenvalue weighted by Crippen LogP contribution is -2.24. The van der Waals surface area contributed by atoms with Gasteiger partial charge in [0.05, 0.1) is 0 Å². The quantitative estimate of drug-likeness (QED) is 0.832. The summed E-state index contributed by atoms with van der Waals surface area (Å²) in [6, 6.07) is 12.3.